The van der Waals surface area contributed by atoms with E-state index in [4.69, 9.17) is 22.4 Å². The van der Waals surface area contributed by atoms with Crippen LogP contribution in [0, 0.1) is 0 Å². The third-order valence-electron chi connectivity index (χ3n) is 1.07. The van der Waals surface area contributed by atoms with Gasteiger partial charge < -0.3 is 16.6 Å². The van der Waals surface area contributed by atoms with Crippen molar-refractivity contribution in [2.24, 2.45) is 5.84 Å². The van der Waals surface area contributed by atoms with Gasteiger partial charge in [0.1, 0.15) is 6.73 Å². The predicted molar refractivity (Wildman–Crippen MR) is 42.4 cm³/mol. The molecule has 1 heterocycles. The van der Waals surface area contributed by atoms with Crippen LogP contribution in [-0.4, -0.2) is 26.8 Å². The highest BCUT2D eigenvalue weighted by Gasteiger charge is 2.05. The lowest BCUT2D eigenvalue weighted by Gasteiger charge is -2.12. The second kappa shape index (κ2) is 3.15. The van der Waals surface area contributed by atoms with E-state index in [9.17, 15) is 0 Å². The molecule has 0 aromatic carbocycles. The molecule has 0 fully saturated rings. The first kappa shape index (κ1) is 8.43. The van der Waals surface area contributed by atoms with E-state index in [-0.39, 0.29) is 17.8 Å². The van der Waals surface area contributed by atoms with Gasteiger partial charge in [-0.25, -0.2) is 5.84 Å². The van der Waals surface area contributed by atoms with Crippen LogP contribution in [-0.2, 0) is 0 Å². The third-order valence-corrected chi connectivity index (χ3v) is 1.07. The Kier molecular flexibility index (Phi) is 2.21. The Hall–Kier alpha value is -1.67. The SMILES string of the molecule is Nc1nc(N)nc(N(N)CO)n1. The number of aliphatic hydroxyl groups excluding tert-OH is 1. The number of nitrogens with two attached hydrogens (primary N) is 3. The van der Waals surface area contributed by atoms with Crippen molar-refractivity contribution in [3.05, 3.63) is 0 Å². The van der Waals surface area contributed by atoms with Crippen molar-refractivity contribution in [1.82, 2.24) is 15.0 Å². The lowest BCUT2D eigenvalue weighted by molar-refractivity contribution is 0.290. The zero-order valence-electron chi connectivity index (χ0n) is 6.18. The van der Waals surface area contributed by atoms with Gasteiger partial charge in [-0.1, -0.05) is 0 Å². The van der Waals surface area contributed by atoms with Crippen molar-refractivity contribution in [3.63, 3.8) is 0 Å². The molecule has 0 unspecified atom stereocenters. The summed E-state index contributed by atoms with van der Waals surface area (Å²) in [6.45, 7) is -0.428. The van der Waals surface area contributed by atoms with Gasteiger partial charge >= 0.3 is 0 Å². The molecule has 0 saturated heterocycles. The van der Waals surface area contributed by atoms with Gasteiger partial charge in [-0.3, -0.25) is 5.01 Å². The number of aliphatic hydroxyl groups is 1. The standard InChI is InChI=1S/C4H9N7O/c5-2-8-3(6)10-4(9-2)11(7)1-12/h12H,1,7H2,(H4,5,6,8,9,10). The summed E-state index contributed by atoms with van der Waals surface area (Å²) in [6, 6.07) is 0. The zero-order chi connectivity index (χ0) is 9.14. The van der Waals surface area contributed by atoms with Gasteiger partial charge in [0.05, 0.1) is 0 Å². The van der Waals surface area contributed by atoms with Crippen LogP contribution in [0.1, 0.15) is 0 Å². The van der Waals surface area contributed by atoms with Crippen LogP contribution >= 0.6 is 0 Å². The Morgan fingerprint density at radius 3 is 2.08 bits per heavy atom. The van der Waals surface area contributed by atoms with E-state index in [1.807, 2.05) is 0 Å². The van der Waals surface area contributed by atoms with Gasteiger partial charge in [0.15, 0.2) is 0 Å². The third kappa shape index (κ3) is 1.68. The molecule has 1 rings (SSSR count). The van der Waals surface area contributed by atoms with Crippen LogP contribution in [0.3, 0.4) is 0 Å². The molecule has 1 aromatic rings. The van der Waals surface area contributed by atoms with Crippen LogP contribution in [0.4, 0.5) is 17.8 Å². The van der Waals surface area contributed by atoms with E-state index in [1.165, 1.54) is 0 Å². The van der Waals surface area contributed by atoms with Gasteiger partial charge in [-0.15, -0.1) is 0 Å². The molecule has 12 heavy (non-hydrogen) atoms. The molecular formula is C4H9N7O. The van der Waals surface area contributed by atoms with E-state index in [0.29, 0.717) is 0 Å². The van der Waals surface area contributed by atoms with Crippen LogP contribution in [0.2, 0.25) is 0 Å². The van der Waals surface area contributed by atoms with Gasteiger partial charge in [0, 0.05) is 0 Å². The highest BCUT2D eigenvalue weighted by Crippen LogP contribution is 2.05. The Bertz CT molecular complexity index is 256. The second-order valence-corrected chi connectivity index (χ2v) is 1.96. The molecule has 8 heteroatoms. The molecule has 0 amide bonds. The zero-order valence-corrected chi connectivity index (χ0v) is 6.18. The fourth-order valence-electron chi connectivity index (χ4n) is 0.589. The molecule has 0 saturated carbocycles. The number of aromatic nitrogens is 3. The minimum Gasteiger partial charge on any atom is -0.375 e. The summed E-state index contributed by atoms with van der Waals surface area (Å²) in [5.74, 6) is 5.20. The minimum atomic E-state index is -0.428. The fraction of sp³-hybridized carbons (Fsp3) is 0.250. The summed E-state index contributed by atoms with van der Waals surface area (Å²) in [5, 5.41) is 9.47. The molecule has 0 bridgehead atoms. The van der Waals surface area contributed by atoms with E-state index in [2.05, 4.69) is 15.0 Å². The summed E-state index contributed by atoms with van der Waals surface area (Å²) < 4.78 is 0. The summed E-state index contributed by atoms with van der Waals surface area (Å²) in [7, 11) is 0. The number of rotatable bonds is 2. The van der Waals surface area contributed by atoms with Crippen LogP contribution < -0.4 is 22.3 Å². The Morgan fingerprint density at radius 2 is 1.67 bits per heavy atom. The molecule has 1 aromatic heterocycles. The van der Waals surface area contributed by atoms with Crippen molar-refractivity contribution in [2.45, 2.75) is 0 Å². The summed E-state index contributed by atoms with van der Waals surface area (Å²) in [6.07, 6.45) is 0. The first-order valence-corrected chi connectivity index (χ1v) is 3.03. The van der Waals surface area contributed by atoms with Gasteiger partial charge in [0.25, 0.3) is 0 Å². The van der Waals surface area contributed by atoms with Crippen LogP contribution in [0.25, 0.3) is 0 Å². The smallest absolute Gasteiger partial charge is 0.248 e. The summed E-state index contributed by atoms with van der Waals surface area (Å²) >= 11 is 0. The van der Waals surface area contributed by atoms with Crippen molar-refractivity contribution >= 4 is 17.8 Å². The van der Waals surface area contributed by atoms with Crippen molar-refractivity contribution in [3.8, 4) is 0 Å². The molecule has 66 valence electrons. The van der Waals surface area contributed by atoms with Gasteiger partial charge in [0.2, 0.25) is 17.8 Å². The first-order chi connectivity index (χ1) is 5.63. The van der Waals surface area contributed by atoms with Crippen molar-refractivity contribution in [2.75, 3.05) is 23.2 Å². The first-order valence-electron chi connectivity index (χ1n) is 3.03. The van der Waals surface area contributed by atoms with Crippen LogP contribution in [0.5, 0.6) is 0 Å². The molecule has 0 aliphatic rings. The van der Waals surface area contributed by atoms with E-state index >= 15 is 0 Å². The van der Waals surface area contributed by atoms with Gasteiger partial charge in [-0.05, 0) is 0 Å². The Morgan fingerprint density at radius 1 is 1.17 bits per heavy atom. The maximum atomic E-state index is 8.59. The number of anilines is 3. The lowest BCUT2D eigenvalue weighted by atomic mass is 10.8. The molecule has 0 atom stereocenters. The predicted octanol–water partition coefficient (Wildman–Crippen LogP) is -2.33. The van der Waals surface area contributed by atoms with E-state index < -0.39 is 6.73 Å². The molecule has 0 aliphatic heterocycles. The lowest BCUT2D eigenvalue weighted by Crippen LogP contribution is -2.33. The molecule has 0 spiro atoms. The number of hydrogen-bond donors (Lipinski definition) is 4. The fourth-order valence-corrected chi connectivity index (χ4v) is 0.589. The topological polar surface area (TPSA) is 140 Å². The van der Waals surface area contributed by atoms with Gasteiger partial charge in [-0.2, -0.15) is 15.0 Å². The maximum absolute atomic E-state index is 8.59. The normalized spacial score (nSPS) is 9.83. The molecule has 0 radical (unpaired) electrons. The van der Waals surface area contributed by atoms with E-state index in [0.717, 1.165) is 5.01 Å². The highest BCUT2D eigenvalue weighted by molar-refractivity contribution is 5.37. The molecular weight excluding hydrogens is 162 g/mol. The van der Waals surface area contributed by atoms with Crippen molar-refractivity contribution < 1.29 is 5.11 Å². The van der Waals surface area contributed by atoms with E-state index in [1.54, 1.807) is 0 Å². The molecule has 7 N–H and O–H groups in total. The Balaban J connectivity index is 3.00. The largest absolute Gasteiger partial charge is 0.375 e. The average molecular weight is 171 g/mol. The Labute approximate surface area is 68.0 Å². The number of nitrogens with zero attached hydrogens (tertiary/aromatic N) is 4. The summed E-state index contributed by atoms with van der Waals surface area (Å²) in [5.41, 5.74) is 10.5. The highest BCUT2D eigenvalue weighted by atomic mass is 16.3. The minimum absolute atomic E-state index is 0.0301. The number of nitrogen functional groups attached to an aromatic ring is 2. The van der Waals surface area contributed by atoms with Crippen LogP contribution in [0.15, 0.2) is 0 Å². The summed E-state index contributed by atoms with van der Waals surface area (Å²) in [4.78, 5) is 10.8. The molecule has 0 aliphatic carbocycles. The molecule has 8 nitrogen and oxygen atoms in total. The second-order valence-electron chi connectivity index (χ2n) is 1.96. The number of hydrazine groups is 1. The monoisotopic (exact) mass is 171 g/mol. The average Bonchev–Trinajstić information content (AvgIpc) is 2.01. The number of hydrogen-bond acceptors (Lipinski definition) is 8. The quantitative estimate of drug-likeness (QED) is 0.220. The van der Waals surface area contributed by atoms with Crippen molar-refractivity contribution in [1.29, 1.82) is 0 Å². The maximum Gasteiger partial charge on any atom is 0.248 e.